The minimum Gasteiger partial charge on any atom is -0.352 e. The number of nitrogens with two attached hydrogens (primary N) is 1. The van der Waals surface area contributed by atoms with Crippen molar-refractivity contribution in [2.45, 2.75) is 60.5 Å². The van der Waals surface area contributed by atoms with Crippen molar-refractivity contribution >= 4 is 5.91 Å². The largest absolute Gasteiger partial charge is 0.352 e. The topological polar surface area (TPSA) is 55.1 Å². The van der Waals surface area contributed by atoms with Gasteiger partial charge in [-0.3, -0.25) is 4.79 Å². The van der Waals surface area contributed by atoms with E-state index in [-0.39, 0.29) is 22.8 Å². The lowest BCUT2D eigenvalue weighted by Gasteiger charge is -2.32. The van der Waals surface area contributed by atoms with E-state index in [1.807, 2.05) is 27.7 Å². The third kappa shape index (κ3) is 4.65. The molecule has 15 heavy (non-hydrogen) atoms. The van der Waals surface area contributed by atoms with Gasteiger partial charge in [0.15, 0.2) is 0 Å². The zero-order valence-electron chi connectivity index (χ0n) is 11.1. The Hall–Kier alpha value is -0.570. The van der Waals surface area contributed by atoms with Crippen LogP contribution in [-0.2, 0) is 4.79 Å². The average Bonchev–Trinajstić information content (AvgIpc) is 1.99. The molecule has 0 aromatic heterocycles. The summed E-state index contributed by atoms with van der Waals surface area (Å²) in [5.41, 5.74) is 5.74. The highest BCUT2D eigenvalue weighted by Gasteiger charge is 2.30. The molecule has 3 heteroatoms. The fourth-order valence-corrected chi connectivity index (χ4v) is 0.913. The first-order valence-corrected chi connectivity index (χ1v) is 5.52. The smallest absolute Gasteiger partial charge is 0.237 e. The van der Waals surface area contributed by atoms with Crippen molar-refractivity contribution in [2.75, 3.05) is 0 Å². The molecular weight excluding hydrogens is 188 g/mol. The fraction of sp³-hybridized carbons (Fsp3) is 0.917. The Morgan fingerprint density at radius 2 is 1.47 bits per heavy atom. The van der Waals surface area contributed by atoms with Gasteiger partial charge in [0.25, 0.3) is 0 Å². The van der Waals surface area contributed by atoms with Crippen LogP contribution in [0, 0.1) is 10.8 Å². The van der Waals surface area contributed by atoms with E-state index in [9.17, 15) is 4.79 Å². The first-order chi connectivity index (χ1) is 6.46. The van der Waals surface area contributed by atoms with Crippen molar-refractivity contribution in [3.8, 4) is 0 Å². The van der Waals surface area contributed by atoms with Crippen LogP contribution in [0.25, 0.3) is 0 Å². The molecule has 3 nitrogen and oxygen atoms in total. The molecule has 0 fully saturated rings. The van der Waals surface area contributed by atoms with Crippen molar-refractivity contribution in [1.82, 2.24) is 5.32 Å². The predicted molar refractivity (Wildman–Crippen MR) is 64.5 cm³/mol. The molecule has 3 N–H and O–H groups in total. The molecule has 0 saturated heterocycles. The number of hydrogen-bond donors (Lipinski definition) is 2. The quantitative estimate of drug-likeness (QED) is 0.737. The molecule has 0 aliphatic heterocycles. The van der Waals surface area contributed by atoms with E-state index in [2.05, 4.69) is 26.1 Å². The minimum absolute atomic E-state index is 0.0628. The van der Waals surface area contributed by atoms with Crippen LogP contribution in [0.3, 0.4) is 0 Å². The van der Waals surface area contributed by atoms with Crippen molar-refractivity contribution in [3.05, 3.63) is 0 Å². The summed E-state index contributed by atoms with van der Waals surface area (Å²) in [4.78, 5) is 11.8. The number of carbonyl (C=O) groups excluding carboxylic acids is 1. The first-order valence-electron chi connectivity index (χ1n) is 5.52. The molecule has 1 unspecified atom stereocenters. The van der Waals surface area contributed by atoms with E-state index in [1.165, 1.54) is 0 Å². The van der Waals surface area contributed by atoms with Gasteiger partial charge in [-0.2, -0.15) is 0 Å². The second-order valence-corrected chi connectivity index (χ2v) is 6.44. The van der Waals surface area contributed by atoms with Gasteiger partial charge in [-0.25, -0.2) is 0 Å². The molecule has 0 aromatic carbocycles. The Kier molecular flexibility index (Phi) is 4.35. The molecule has 0 heterocycles. The van der Waals surface area contributed by atoms with Gasteiger partial charge in [0.1, 0.15) is 0 Å². The van der Waals surface area contributed by atoms with E-state index in [0.717, 1.165) is 0 Å². The summed E-state index contributed by atoms with van der Waals surface area (Å²) in [5.74, 6) is -0.0649. The zero-order valence-corrected chi connectivity index (χ0v) is 11.1. The van der Waals surface area contributed by atoms with Gasteiger partial charge in [0.2, 0.25) is 5.91 Å². The van der Waals surface area contributed by atoms with Crippen LogP contribution in [0.2, 0.25) is 0 Å². The van der Waals surface area contributed by atoms with Gasteiger partial charge < -0.3 is 11.1 Å². The van der Waals surface area contributed by atoms with Gasteiger partial charge in [0, 0.05) is 6.04 Å². The molecular formula is C12H26N2O. The molecule has 90 valence electrons. The molecule has 0 radical (unpaired) electrons. The van der Waals surface area contributed by atoms with Gasteiger partial charge in [0.05, 0.1) is 6.04 Å². The minimum atomic E-state index is -0.456. The Morgan fingerprint density at radius 1 is 1.07 bits per heavy atom. The van der Waals surface area contributed by atoms with Crippen LogP contribution in [0.1, 0.15) is 48.5 Å². The summed E-state index contributed by atoms with van der Waals surface area (Å²) in [6, 6.07) is -0.333. The highest BCUT2D eigenvalue weighted by Crippen LogP contribution is 2.21. The highest BCUT2D eigenvalue weighted by atomic mass is 16.2. The number of carbonyl (C=O) groups is 1. The number of hydrogen-bond acceptors (Lipinski definition) is 2. The van der Waals surface area contributed by atoms with Gasteiger partial charge in [-0.15, -0.1) is 0 Å². The number of nitrogens with one attached hydrogen (secondary N) is 1. The second-order valence-electron chi connectivity index (χ2n) is 6.44. The molecule has 0 saturated carbocycles. The maximum Gasteiger partial charge on any atom is 0.237 e. The van der Waals surface area contributed by atoms with Gasteiger partial charge in [-0.05, 0) is 17.8 Å². The Morgan fingerprint density at radius 3 is 1.73 bits per heavy atom. The molecule has 0 aliphatic rings. The molecule has 2 atom stereocenters. The molecule has 0 rings (SSSR count). The average molecular weight is 214 g/mol. The Labute approximate surface area is 93.8 Å². The Balaban J connectivity index is 4.39. The summed E-state index contributed by atoms with van der Waals surface area (Å²) in [7, 11) is 0. The van der Waals surface area contributed by atoms with Crippen LogP contribution in [-0.4, -0.2) is 18.0 Å². The van der Waals surface area contributed by atoms with Crippen LogP contribution >= 0.6 is 0 Å². The van der Waals surface area contributed by atoms with Gasteiger partial charge >= 0.3 is 0 Å². The van der Waals surface area contributed by atoms with Crippen LogP contribution in [0.15, 0.2) is 0 Å². The number of amides is 1. The summed E-state index contributed by atoms with van der Waals surface area (Å²) in [5, 5.41) is 2.96. The SMILES string of the molecule is CC(NC(=O)[C@@H](N)C(C)(C)C)C(C)(C)C. The van der Waals surface area contributed by atoms with Crippen molar-refractivity contribution < 1.29 is 4.79 Å². The predicted octanol–water partition coefficient (Wildman–Crippen LogP) is 1.91. The lowest BCUT2D eigenvalue weighted by Crippen LogP contribution is -2.53. The van der Waals surface area contributed by atoms with E-state index >= 15 is 0 Å². The highest BCUT2D eigenvalue weighted by molar-refractivity contribution is 5.82. The zero-order chi connectivity index (χ0) is 12.4. The fourth-order valence-electron chi connectivity index (χ4n) is 0.913. The maximum atomic E-state index is 11.8. The third-order valence-electron chi connectivity index (χ3n) is 2.87. The summed E-state index contributed by atoms with van der Waals surface area (Å²) >= 11 is 0. The van der Waals surface area contributed by atoms with Crippen LogP contribution < -0.4 is 11.1 Å². The monoisotopic (exact) mass is 214 g/mol. The molecule has 0 spiro atoms. The standard InChI is InChI=1S/C12H26N2O/c1-8(11(2,3)4)14-10(15)9(13)12(5,6)7/h8-9H,13H2,1-7H3,(H,14,15)/t8?,9-/m1/s1. The molecule has 0 bridgehead atoms. The molecule has 1 amide bonds. The van der Waals surface area contributed by atoms with E-state index in [1.54, 1.807) is 0 Å². The lowest BCUT2D eigenvalue weighted by molar-refractivity contribution is -0.125. The number of rotatable bonds is 2. The summed E-state index contributed by atoms with van der Waals surface area (Å²) < 4.78 is 0. The normalized spacial score (nSPS) is 17.1. The van der Waals surface area contributed by atoms with E-state index < -0.39 is 6.04 Å². The maximum absolute atomic E-state index is 11.8. The lowest BCUT2D eigenvalue weighted by atomic mass is 9.85. The second kappa shape index (κ2) is 4.52. The summed E-state index contributed by atoms with van der Waals surface area (Å²) in [6.45, 7) is 14.2. The first kappa shape index (κ1) is 14.4. The molecule has 0 aliphatic carbocycles. The Bertz CT molecular complexity index is 223. The van der Waals surface area contributed by atoms with E-state index in [0.29, 0.717) is 0 Å². The van der Waals surface area contributed by atoms with E-state index in [4.69, 9.17) is 5.73 Å². The van der Waals surface area contributed by atoms with Crippen molar-refractivity contribution in [1.29, 1.82) is 0 Å². The van der Waals surface area contributed by atoms with Crippen LogP contribution in [0.4, 0.5) is 0 Å². The van der Waals surface area contributed by atoms with Crippen molar-refractivity contribution in [3.63, 3.8) is 0 Å². The van der Waals surface area contributed by atoms with Crippen molar-refractivity contribution in [2.24, 2.45) is 16.6 Å². The van der Waals surface area contributed by atoms with Crippen LogP contribution in [0.5, 0.6) is 0 Å². The van der Waals surface area contributed by atoms with Gasteiger partial charge in [-0.1, -0.05) is 41.5 Å². The molecule has 0 aromatic rings. The third-order valence-corrected chi connectivity index (χ3v) is 2.87. The summed E-state index contributed by atoms with van der Waals surface area (Å²) in [6.07, 6.45) is 0.